The fourth-order valence-electron chi connectivity index (χ4n) is 4.18. The molecular formula is C23H17F3N4O4S. The molecule has 8 nitrogen and oxygen atoms in total. The number of aromatic amines is 1. The minimum absolute atomic E-state index is 0.0858. The zero-order chi connectivity index (χ0) is 24.9. The summed E-state index contributed by atoms with van der Waals surface area (Å²) in [5.74, 6) is -3.99. The molecule has 0 saturated heterocycles. The maximum Gasteiger partial charge on any atom is 0.272 e. The van der Waals surface area contributed by atoms with E-state index in [1.807, 2.05) is 0 Å². The molecule has 35 heavy (non-hydrogen) atoms. The number of anilines is 2. The highest BCUT2D eigenvalue weighted by atomic mass is 32.2. The quantitative estimate of drug-likeness (QED) is 0.361. The molecule has 1 amide bonds. The van der Waals surface area contributed by atoms with Crippen LogP contribution in [0.5, 0.6) is 0 Å². The molecule has 2 heterocycles. The number of nitrogens with zero attached hydrogens (tertiary/aromatic N) is 2. The summed E-state index contributed by atoms with van der Waals surface area (Å²) in [5, 5.41) is 8.65. The molecule has 2 N–H and O–H groups in total. The molecule has 0 unspecified atom stereocenters. The van der Waals surface area contributed by atoms with Crippen molar-refractivity contribution in [2.24, 2.45) is 0 Å². The van der Waals surface area contributed by atoms with Crippen molar-refractivity contribution >= 4 is 39.1 Å². The van der Waals surface area contributed by atoms with Crippen molar-refractivity contribution in [1.29, 1.82) is 0 Å². The number of amides is 1. The second-order valence-corrected chi connectivity index (χ2v) is 8.59. The molecule has 0 atom stereocenters. The molecule has 4 aromatic rings. The highest BCUT2D eigenvalue weighted by molar-refractivity contribution is 7.74. The highest BCUT2D eigenvalue weighted by Gasteiger charge is 2.28. The Bertz CT molecular complexity index is 1580. The smallest absolute Gasteiger partial charge is 0.272 e. The summed E-state index contributed by atoms with van der Waals surface area (Å²) in [5.41, 5.74) is -0.556. The van der Waals surface area contributed by atoms with Gasteiger partial charge in [0.15, 0.2) is 17.3 Å². The summed E-state index contributed by atoms with van der Waals surface area (Å²) < 4.78 is 76.7. The number of benzene rings is 3. The highest BCUT2D eigenvalue weighted by Crippen LogP contribution is 2.40. The number of halogens is 3. The van der Waals surface area contributed by atoms with Gasteiger partial charge in [0.2, 0.25) is 10.9 Å². The topological polar surface area (TPSA) is 104 Å². The van der Waals surface area contributed by atoms with Crippen molar-refractivity contribution in [2.75, 3.05) is 11.4 Å². The number of rotatable bonds is 5. The Morgan fingerprint density at radius 2 is 1.86 bits per heavy atom. The minimum Gasteiger partial charge on any atom is -0.372 e. The predicted octanol–water partition coefficient (Wildman–Crippen LogP) is 3.70. The lowest BCUT2D eigenvalue weighted by Gasteiger charge is -2.22. The van der Waals surface area contributed by atoms with E-state index >= 15 is 8.78 Å². The van der Waals surface area contributed by atoms with E-state index in [4.69, 9.17) is 4.74 Å². The molecule has 5 rings (SSSR count). The van der Waals surface area contributed by atoms with Gasteiger partial charge in [0.1, 0.15) is 11.3 Å². The van der Waals surface area contributed by atoms with E-state index in [0.29, 0.717) is 5.56 Å². The largest absolute Gasteiger partial charge is 0.372 e. The van der Waals surface area contributed by atoms with Gasteiger partial charge in [-0.3, -0.25) is 9.89 Å². The first-order chi connectivity index (χ1) is 16.8. The Morgan fingerprint density at radius 1 is 1.06 bits per heavy atom. The van der Waals surface area contributed by atoms with Crippen molar-refractivity contribution in [3.05, 3.63) is 76.7 Å². The number of H-pyrrole nitrogens is 1. The first-order valence-electron chi connectivity index (χ1n) is 10.3. The maximum atomic E-state index is 15.8. The summed E-state index contributed by atoms with van der Waals surface area (Å²) in [6, 6.07) is 9.11. The van der Waals surface area contributed by atoms with Crippen LogP contribution in [0.1, 0.15) is 21.6 Å². The van der Waals surface area contributed by atoms with Crippen LogP contribution in [0.25, 0.3) is 22.0 Å². The summed E-state index contributed by atoms with van der Waals surface area (Å²) in [7, 11) is -2.03. The first kappa shape index (κ1) is 22.9. The van der Waals surface area contributed by atoms with Crippen LogP contribution < -0.4 is 9.62 Å². The molecule has 0 radical (unpaired) electrons. The third kappa shape index (κ3) is 3.61. The van der Waals surface area contributed by atoms with E-state index < -0.39 is 51.1 Å². The average Bonchev–Trinajstić information content (AvgIpc) is 3.49. The number of nitrogens with one attached hydrogen (secondary N) is 2. The first-order valence-corrected chi connectivity index (χ1v) is 11.5. The van der Waals surface area contributed by atoms with Crippen molar-refractivity contribution < 1.29 is 31.1 Å². The van der Waals surface area contributed by atoms with Gasteiger partial charge in [0.05, 0.1) is 30.2 Å². The summed E-state index contributed by atoms with van der Waals surface area (Å²) in [4.78, 5) is 12.0. The molecule has 0 saturated carbocycles. The second-order valence-electron chi connectivity index (χ2n) is 7.71. The fraction of sp³-hybridized carbons (Fsp3) is 0.130. The van der Waals surface area contributed by atoms with E-state index in [2.05, 4.69) is 15.5 Å². The number of hydrogen-bond donors (Lipinski definition) is 3. The molecule has 12 heteroatoms. The van der Waals surface area contributed by atoms with E-state index in [9.17, 15) is 17.6 Å². The van der Waals surface area contributed by atoms with Crippen LogP contribution in [0, 0.1) is 17.5 Å². The molecule has 1 aliphatic heterocycles. The third-order valence-corrected chi connectivity index (χ3v) is 6.59. The number of carbonyl (C=O) groups excluding carboxylic acids is 1. The Hall–Kier alpha value is -3.90. The van der Waals surface area contributed by atoms with Crippen LogP contribution in [0.2, 0.25) is 0 Å². The van der Waals surface area contributed by atoms with Crippen molar-refractivity contribution in [3.63, 3.8) is 0 Å². The Balaban J connectivity index is 1.70. The van der Waals surface area contributed by atoms with E-state index in [-0.39, 0.29) is 35.5 Å². The van der Waals surface area contributed by atoms with Crippen LogP contribution in [-0.2, 0) is 28.8 Å². The van der Waals surface area contributed by atoms with Crippen molar-refractivity contribution in [2.45, 2.75) is 13.2 Å². The Labute approximate surface area is 198 Å². The molecule has 0 bridgehead atoms. The molecule has 1 aromatic heterocycles. The predicted molar refractivity (Wildman–Crippen MR) is 122 cm³/mol. The Kier molecular flexibility index (Phi) is 5.69. The van der Waals surface area contributed by atoms with Crippen LogP contribution >= 0.6 is 0 Å². The molecule has 1 aliphatic rings. The second kappa shape index (κ2) is 8.71. The number of aromatic nitrogens is 2. The van der Waals surface area contributed by atoms with Gasteiger partial charge in [-0.2, -0.15) is 5.10 Å². The monoisotopic (exact) mass is 502 g/mol. The maximum absolute atomic E-state index is 15.8. The van der Waals surface area contributed by atoms with E-state index in [0.717, 1.165) is 28.1 Å². The lowest BCUT2D eigenvalue weighted by Crippen LogP contribution is -2.18. The van der Waals surface area contributed by atoms with Gasteiger partial charge in [-0.15, -0.1) is 0 Å². The van der Waals surface area contributed by atoms with Crippen LogP contribution in [0.4, 0.5) is 24.5 Å². The molecule has 0 aliphatic carbocycles. The van der Waals surface area contributed by atoms with E-state index in [1.165, 1.54) is 19.2 Å². The van der Waals surface area contributed by atoms with Crippen LogP contribution in [-0.4, -0.2) is 31.6 Å². The van der Waals surface area contributed by atoms with Crippen LogP contribution in [0.15, 0.2) is 42.5 Å². The lowest BCUT2D eigenvalue weighted by molar-refractivity contribution is 0.0959. The number of carbonyl (C=O) groups is 1. The summed E-state index contributed by atoms with van der Waals surface area (Å²) >= 11 is 0. The van der Waals surface area contributed by atoms with Gasteiger partial charge in [-0.25, -0.2) is 25.9 Å². The minimum atomic E-state index is -3.41. The zero-order valence-corrected chi connectivity index (χ0v) is 19.0. The summed E-state index contributed by atoms with van der Waals surface area (Å²) in [6.07, 6.45) is 0. The normalized spacial score (nSPS) is 12.8. The SMILES string of the molecule is CNC(=O)c1n[nH]c2c(F)c(-c3c(F)ccc(N(c4cccc5c4COC5)[SH](=O)=O)c3F)ccc12. The molecule has 3 aromatic carbocycles. The van der Waals surface area contributed by atoms with Gasteiger partial charge < -0.3 is 10.1 Å². The molecule has 0 fully saturated rings. The van der Waals surface area contributed by atoms with Gasteiger partial charge >= 0.3 is 0 Å². The van der Waals surface area contributed by atoms with Gasteiger partial charge in [0, 0.05) is 23.6 Å². The van der Waals surface area contributed by atoms with E-state index in [1.54, 1.807) is 12.1 Å². The zero-order valence-electron chi connectivity index (χ0n) is 18.1. The van der Waals surface area contributed by atoms with Gasteiger partial charge in [0.25, 0.3) is 5.91 Å². The number of hydrogen-bond acceptors (Lipinski definition) is 5. The van der Waals surface area contributed by atoms with Gasteiger partial charge in [-0.1, -0.05) is 18.2 Å². The van der Waals surface area contributed by atoms with Crippen LogP contribution in [0.3, 0.4) is 0 Å². The lowest BCUT2D eigenvalue weighted by atomic mass is 10.00. The number of thiol groups is 1. The Morgan fingerprint density at radius 3 is 2.60 bits per heavy atom. The number of ether oxygens (including phenoxy) is 1. The molecular weight excluding hydrogens is 485 g/mol. The number of fused-ring (bicyclic) bond motifs is 2. The third-order valence-electron chi connectivity index (χ3n) is 5.83. The molecule has 0 spiro atoms. The van der Waals surface area contributed by atoms with Crippen molar-refractivity contribution in [1.82, 2.24) is 15.5 Å². The van der Waals surface area contributed by atoms with Crippen molar-refractivity contribution in [3.8, 4) is 11.1 Å². The average molecular weight is 502 g/mol. The van der Waals surface area contributed by atoms with Gasteiger partial charge in [-0.05, 0) is 29.8 Å². The standard InChI is InChI=1S/C23H17F3N4O4S/c1-27-23(31)22-13-6-5-12(19(25)21(13)28-29-22)18-15(24)7-8-17(20(18)26)30(35(32)33)16-4-2-3-11-9-34-10-14(11)16/h2-8,35H,9-10H2,1H3,(H,27,31)(H,28,29). The fourth-order valence-corrected chi connectivity index (χ4v) is 4.88. The molecule has 180 valence electrons. The summed E-state index contributed by atoms with van der Waals surface area (Å²) in [6.45, 7) is 0.400.